The number of hydrogen-bond acceptors (Lipinski definition) is 5. The largest absolute Gasteiger partial charge is 0.401 e. The number of hydrogen-bond donors (Lipinski definition) is 1. The molecule has 0 saturated heterocycles. The maximum atomic E-state index is 12.3. The molecular weight excluding hydrogens is 293 g/mol. The monoisotopic (exact) mass is 306 g/mol. The molecule has 0 aromatic heterocycles. The molecule has 0 atom stereocenters. The molecule has 0 unspecified atom stereocenters. The third-order valence-electron chi connectivity index (χ3n) is 2.59. The van der Waals surface area contributed by atoms with E-state index in [9.17, 15) is 28.1 Å². The summed E-state index contributed by atoms with van der Waals surface area (Å²) >= 11 is 0. The Hall–Kier alpha value is -2.00. The van der Waals surface area contributed by atoms with E-state index in [2.05, 4.69) is 0 Å². The zero-order chi connectivity index (χ0) is 16.0. The Balaban J connectivity index is 2.74. The Morgan fingerprint density at radius 2 is 1.86 bits per heavy atom. The maximum Gasteiger partial charge on any atom is 0.401 e. The van der Waals surface area contributed by atoms with Crippen molar-refractivity contribution in [2.24, 2.45) is 0 Å². The van der Waals surface area contributed by atoms with Crippen molar-refractivity contribution in [3.8, 4) is 0 Å². The van der Waals surface area contributed by atoms with E-state index in [1.165, 1.54) is 12.1 Å². The summed E-state index contributed by atoms with van der Waals surface area (Å²) in [5, 5.41) is 19.2. The van der Waals surface area contributed by atoms with E-state index in [-0.39, 0.29) is 17.8 Å². The fraction of sp³-hybridized carbons (Fsp3) is 0.417. The summed E-state index contributed by atoms with van der Waals surface area (Å²) < 4.78 is 36.9. The van der Waals surface area contributed by atoms with Gasteiger partial charge in [-0.25, -0.2) is 0 Å². The van der Waals surface area contributed by atoms with E-state index < -0.39 is 36.6 Å². The van der Waals surface area contributed by atoms with Crippen LogP contribution in [0.1, 0.15) is 10.4 Å². The SMILES string of the molecule is O=C(CN(CCO)CC(F)(F)F)c1ccc([N+](=O)[O-])cc1. The molecule has 1 aromatic carbocycles. The summed E-state index contributed by atoms with van der Waals surface area (Å²) in [6, 6.07) is 4.58. The van der Waals surface area contributed by atoms with Crippen LogP contribution >= 0.6 is 0 Å². The molecule has 0 bridgehead atoms. The van der Waals surface area contributed by atoms with Gasteiger partial charge in [0.15, 0.2) is 5.78 Å². The first-order valence-electron chi connectivity index (χ1n) is 5.90. The number of benzene rings is 1. The van der Waals surface area contributed by atoms with Crippen LogP contribution in [0, 0.1) is 10.1 Å². The quantitative estimate of drug-likeness (QED) is 0.470. The minimum Gasteiger partial charge on any atom is -0.395 e. The van der Waals surface area contributed by atoms with Crippen molar-refractivity contribution >= 4 is 11.5 Å². The van der Waals surface area contributed by atoms with Crippen LogP contribution in [0.4, 0.5) is 18.9 Å². The molecule has 0 fully saturated rings. The third kappa shape index (κ3) is 5.88. The minimum atomic E-state index is -4.48. The van der Waals surface area contributed by atoms with E-state index in [1.54, 1.807) is 0 Å². The van der Waals surface area contributed by atoms with Crippen molar-refractivity contribution < 1.29 is 28.0 Å². The van der Waals surface area contributed by atoms with Gasteiger partial charge in [-0.1, -0.05) is 0 Å². The number of aliphatic hydroxyl groups excluding tert-OH is 1. The van der Waals surface area contributed by atoms with Gasteiger partial charge in [0.05, 0.1) is 24.6 Å². The topological polar surface area (TPSA) is 83.7 Å². The Kier molecular flexibility index (Phi) is 5.79. The third-order valence-corrected chi connectivity index (χ3v) is 2.59. The van der Waals surface area contributed by atoms with Gasteiger partial charge < -0.3 is 5.11 Å². The predicted octanol–water partition coefficient (Wildman–Crippen LogP) is 1.63. The predicted molar refractivity (Wildman–Crippen MR) is 67.0 cm³/mol. The lowest BCUT2D eigenvalue weighted by Crippen LogP contribution is -2.39. The Morgan fingerprint density at radius 1 is 1.29 bits per heavy atom. The minimum absolute atomic E-state index is 0.0747. The average molecular weight is 306 g/mol. The van der Waals surface area contributed by atoms with Crippen molar-refractivity contribution in [1.82, 2.24) is 4.90 Å². The molecule has 0 heterocycles. The summed E-state index contributed by atoms with van der Waals surface area (Å²) in [4.78, 5) is 22.4. The van der Waals surface area contributed by atoms with Crippen molar-refractivity contribution in [2.75, 3.05) is 26.2 Å². The summed E-state index contributed by atoms with van der Waals surface area (Å²) in [5.74, 6) is -0.609. The smallest absolute Gasteiger partial charge is 0.395 e. The normalized spacial score (nSPS) is 11.7. The number of nitro groups is 1. The number of non-ortho nitro benzene ring substituents is 1. The van der Waals surface area contributed by atoms with E-state index in [0.717, 1.165) is 17.0 Å². The summed E-state index contributed by atoms with van der Waals surface area (Å²) in [6.07, 6.45) is -4.48. The average Bonchev–Trinajstić information content (AvgIpc) is 2.37. The number of nitro benzene ring substituents is 1. The van der Waals surface area contributed by atoms with Crippen LogP contribution in [0.2, 0.25) is 0 Å². The molecule has 1 N–H and O–H groups in total. The highest BCUT2D eigenvalue weighted by molar-refractivity contribution is 5.97. The highest BCUT2D eigenvalue weighted by Crippen LogP contribution is 2.17. The molecule has 0 spiro atoms. The zero-order valence-corrected chi connectivity index (χ0v) is 10.8. The van der Waals surface area contributed by atoms with Crippen LogP contribution in [0.3, 0.4) is 0 Å². The van der Waals surface area contributed by atoms with Crippen LogP contribution < -0.4 is 0 Å². The van der Waals surface area contributed by atoms with Gasteiger partial charge >= 0.3 is 6.18 Å². The van der Waals surface area contributed by atoms with Gasteiger partial charge in [0.2, 0.25) is 0 Å². The Morgan fingerprint density at radius 3 is 2.29 bits per heavy atom. The van der Waals surface area contributed by atoms with Crippen LogP contribution in [0.25, 0.3) is 0 Å². The molecule has 0 aliphatic rings. The lowest BCUT2D eigenvalue weighted by atomic mass is 10.1. The van der Waals surface area contributed by atoms with E-state index in [1.807, 2.05) is 0 Å². The number of ketones is 1. The zero-order valence-electron chi connectivity index (χ0n) is 10.8. The molecule has 116 valence electrons. The molecule has 0 aliphatic carbocycles. The number of alkyl halides is 3. The fourth-order valence-electron chi connectivity index (χ4n) is 1.67. The van der Waals surface area contributed by atoms with Crippen LogP contribution in [0.5, 0.6) is 0 Å². The van der Waals surface area contributed by atoms with E-state index >= 15 is 0 Å². The molecule has 6 nitrogen and oxygen atoms in total. The molecule has 21 heavy (non-hydrogen) atoms. The van der Waals surface area contributed by atoms with Gasteiger partial charge in [-0.3, -0.25) is 19.8 Å². The number of rotatable bonds is 7. The first kappa shape index (κ1) is 17.1. The van der Waals surface area contributed by atoms with Gasteiger partial charge in [-0.15, -0.1) is 0 Å². The van der Waals surface area contributed by atoms with Gasteiger partial charge in [0, 0.05) is 24.2 Å². The molecular formula is C12H13F3N2O4. The van der Waals surface area contributed by atoms with Gasteiger partial charge in [0.1, 0.15) is 0 Å². The lowest BCUT2D eigenvalue weighted by Gasteiger charge is -2.21. The molecule has 0 radical (unpaired) electrons. The highest BCUT2D eigenvalue weighted by atomic mass is 19.4. The number of carbonyl (C=O) groups is 1. The Labute approximate surface area is 117 Å². The van der Waals surface area contributed by atoms with Gasteiger partial charge in [-0.2, -0.15) is 13.2 Å². The highest BCUT2D eigenvalue weighted by Gasteiger charge is 2.31. The van der Waals surface area contributed by atoms with E-state index in [0.29, 0.717) is 0 Å². The number of carbonyl (C=O) groups excluding carboxylic acids is 1. The first-order valence-corrected chi connectivity index (χ1v) is 5.90. The Bertz CT molecular complexity index is 502. The van der Waals surface area contributed by atoms with Crippen molar-refractivity contribution in [2.45, 2.75) is 6.18 Å². The fourth-order valence-corrected chi connectivity index (χ4v) is 1.67. The van der Waals surface area contributed by atoms with Crippen LogP contribution in [0.15, 0.2) is 24.3 Å². The molecule has 1 aromatic rings. The molecule has 0 amide bonds. The standard InChI is InChI=1S/C12H13F3N2O4/c13-12(14,15)8-16(5-6-18)7-11(19)9-1-3-10(4-2-9)17(20)21/h1-4,18H,5-8H2. The summed E-state index contributed by atoms with van der Waals surface area (Å²) in [6.45, 7) is -2.65. The lowest BCUT2D eigenvalue weighted by molar-refractivity contribution is -0.384. The second-order valence-corrected chi connectivity index (χ2v) is 4.28. The van der Waals surface area contributed by atoms with E-state index in [4.69, 9.17) is 5.11 Å². The molecule has 1 rings (SSSR count). The number of aliphatic hydroxyl groups is 1. The number of Topliss-reactive ketones (excluding diaryl/α,β-unsaturated/α-hetero) is 1. The van der Waals surface area contributed by atoms with Gasteiger partial charge in [-0.05, 0) is 12.1 Å². The van der Waals surface area contributed by atoms with Crippen molar-refractivity contribution in [3.63, 3.8) is 0 Å². The first-order chi connectivity index (χ1) is 9.73. The second-order valence-electron chi connectivity index (χ2n) is 4.28. The van der Waals surface area contributed by atoms with Crippen LogP contribution in [-0.2, 0) is 0 Å². The van der Waals surface area contributed by atoms with Crippen LogP contribution in [-0.4, -0.2) is 53.1 Å². The maximum absolute atomic E-state index is 12.3. The van der Waals surface area contributed by atoms with Crippen molar-refractivity contribution in [1.29, 1.82) is 0 Å². The number of halogens is 3. The summed E-state index contributed by atoms with van der Waals surface area (Å²) in [7, 11) is 0. The summed E-state index contributed by atoms with van der Waals surface area (Å²) in [5.41, 5.74) is -0.139. The van der Waals surface area contributed by atoms with Crippen molar-refractivity contribution in [3.05, 3.63) is 39.9 Å². The van der Waals surface area contributed by atoms with Gasteiger partial charge in [0.25, 0.3) is 5.69 Å². The molecule has 0 aliphatic heterocycles. The second kappa shape index (κ2) is 7.14. The molecule has 0 saturated carbocycles. The molecule has 9 heteroatoms. The number of nitrogens with zero attached hydrogens (tertiary/aromatic N) is 2.